The molecule has 1 aromatic carbocycles. The molecule has 0 aromatic heterocycles. The van der Waals surface area contributed by atoms with Crippen LogP contribution < -0.4 is 5.32 Å². The van der Waals surface area contributed by atoms with Crippen molar-refractivity contribution in [2.45, 2.75) is 18.2 Å². The van der Waals surface area contributed by atoms with Gasteiger partial charge >= 0.3 is 0 Å². The smallest absolute Gasteiger partial charge is 0.193 e. The van der Waals surface area contributed by atoms with E-state index in [-0.39, 0.29) is 24.0 Å². The first kappa shape index (κ1) is 21.4. The van der Waals surface area contributed by atoms with Gasteiger partial charge in [-0.15, -0.1) is 24.0 Å². The lowest BCUT2D eigenvalue weighted by Crippen LogP contribution is -2.43. The van der Waals surface area contributed by atoms with E-state index in [1.54, 1.807) is 0 Å². The molecule has 2 aliphatic rings. The highest BCUT2D eigenvalue weighted by Gasteiger charge is 2.29. The molecule has 1 aromatic rings. The first-order chi connectivity index (χ1) is 12.3. The number of nitrogens with one attached hydrogen (secondary N) is 1. The zero-order valence-corrected chi connectivity index (χ0v) is 18.5. The summed E-state index contributed by atoms with van der Waals surface area (Å²) in [6.45, 7) is 4.90. The molecule has 0 spiro atoms. The third kappa shape index (κ3) is 6.06. The van der Waals surface area contributed by atoms with Crippen LogP contribution in [0.2, 0.25) is 0 Å². The maximum absolute atomic E-state index is 12.2. The first-order valence-corrected chi connectivity index (χ1v) is 10.5. The van der Waals surface area contributed by atoms with E-state index in [9.17, 15) is 4.21 Å². The topological polar surface area (TPSA) is 47.9 Å². The molecule has 144 valence electrons. The molecule has 1 saturated heterocycles. The van der Waals surface area contributed by atoms with Crippen LogP contribution in [0.4, 0.5) is 0 Å². The summed E-state index contributed by atoms with van der Waals surface area (Å²) < 4.78 is 12.2. The van der Waals surface area contributed by atoms with E-state index in [2.05, 4.69) is 32.3 Å². The summed E-state index contributed by atoms with van der Waals surface area (Å²) in [7, 11) is 0.975. The van der Waals surface area contributed by atoms with Crippen molar-refractivity contribution in [3.8, 4) is 0 Å². The lowest BCUT2D eigenvalue weighted by Gasteiger charge is -2.25. The molecule has 2 unspecified atom stereocenters. The Kier molecular flexibility index (Phi) is 9.07. The minimum absolute atomic E-state index is 0. The molecule has 26 heavy (non-hydrogen) atoms. The molecular weight excluding hydrogens is 459 g/mol. The summed E-state index contributed by atoms with van der Waals surface area (Å²) in [5.41, 5.74) is 1.13. The van der Waals surface area contributed by atoms with E-state index < -0.39 is 10.8 Å². The number of hydrogen-bond acceptors (Lipinski definition) is 3. The molecule has 0 radical (unpaired) electrons. The van der Waals surface area contributed by atoms with E-state index >= 15 is 0 Å². The molecule has 0 saturated carbocycles. The predicted octanol–water partition coefficient (Wildman–Crippen LogP) is 2.07. The average molecular weight is 488 g/mol. The third-order valence-electron chi connectivity index (χ3n) is 4.82. The molecule has 1 fully saturated rings. The zero-order chi connectivity index (χ0) is 17.5. The Morgan fingerprint density at radius 3 is 2.69 bits per heavy atom. The predicted molar refractivity (Wildman–Crippen MR) is 121 cm³/mol. The normalized spacial score (nSPS) is 21.7. The molecule has 0 amide bonds. The van der Waals surface area contributed by atoms with Gasteiger partial charge in [0.25, 0.3) is 0 Å². The van der Waals surface area contributed by atoms with Gasteiger partial charge in [-0.2, -0.15) is 0 Å². The first-order valence-electron chi connectivity index (χ1n) is 9.00. The van der Waals surface area contributed by atoms with Gasteiger partial charge in [0.1, 0.15) is 0 Å². The molecule has 7 heteroatoms. The Bertz CT molecular complexity index is 630. The van der Waals surface area contributed by atoms with Crippen LogP contribution in [0.5, 0.6) is 0 Å². The second-order valence-electron chi connectivity index (χ2n) is 6.56. The van der Waals surface area contributed by atoms with Crippen molar-refractivity contribution in [1.82, 2.24) is 15.1 Å². The number of benzene rings is 1. The van der Waals surface area contributed by atoms with E-state index in [1.165, 1.54) is 6.42 Å². The van der Waals surface area contributed by atoms with Gasteiger partial charge in [0, 0.05) is 68.1 Å². The lowest BCUT2D eigenvalue weighted by atomic mass is 10.2. The minimum atomic E-state index is -0.852. The van der Waals surface area contributed by atoms with Crippen molar-refractivity contribution in [1.29, 1.82) is 0 Å². The molecule has 3 rings (SSSR count). The van der Waals surface area contributed by atoms with Crippen LogP contribution in [0.25, 0.3) is 0 Å². The highest BCUT2D eigenvalue weighted by molar-refractivity contribution is 14.0. The van der Waals surface area contributed by atoms with Crippen molar-refractivity contribution in [2.24, 2.45) is 4.99 Å². The van der Waals surface area contributed by atoms with Crippen molar-refractivity contribution in [3.05, 3.63) is 48.0 Å². The quantitative estimate of drug-likeness (QED) is 0.289. The van der Waals surface area contributed by atoms with Gasteiger partial charge in [0.05, 0.1) is 0 Å². The maximum atomic E-state index is 12.2. The molecule has 5 nitrogen and oxygen atoms in total. The highest BCUT2D eigenvalue weighted by Crippen LogP contribution is 2.17. The number of nitrogens with zero attached hydrogens (tertiary/aromatic N) is 3. The minimum Gasteiger partial charge on any atom is -0.355 e. The Morgan fingerprint density at radius 1 is 1.27 bits per heavy atom. The van der Waals surface area contributed by atoms with Crippen LogP contribution in [-0.2, 0) is 16.6 Å². The SMILES string of the molecule is CN=C(NCCS(=O)Cc1ccccc1)N1CCC(N2CC=CC2)C1.I. The van der Waals surface area contributed by atoms with Gasteiger partial charge < -0.3 is 10.2 Å². The molecule has 2 aliphatic heterocycles. The zero-order valence-electron chi connectivity index (χ0n) is 15.3. The van der Waals surface area contributed by atoms with Crippen LogP contribution in [0.3, 0.4) is 0 Å². The largest absolute Gasteiger partial charge is 0.355 e. The molecule has 0 aliphatic carbocycles. The summed E-state index contributed by atoms with van der Waals surface area (Å²) in [4.78, 5) is 9.25. The second kappa shape index (κ2) is 11.0. The van der Waals surface area contributed by atoms with Gasteiger partial charge in [-0.1, -0.05) is 42.5 Å². The summed E-state index contributed by atoms with van der Waals surface area (Å²) in [6, 6.07) is 10.6. The van der Waals surface area contributed by atoms with Crippen LogP contribution in [0.15, 0.2) is 47.5 Å². The summed E-state index contributed by atoms with van der Waals surface area (Å²) in [5, 5.41) is 3.39. The van der Waals surface area contributed by atoms with E-state index in [0.29, 0.717) is 24.1 Å². The number of rotatable bonds is 6. The van der Waals surface area contributed by atoms with Gasteiger partial charge in [0.2, 0.25) is 0 Å². The van der Waals surface area contributed by atoms with Crippen molar-refractivity contribution in [2.75, 3.05) is 45.5 Å². The van der Waals surface area contributed by atoms with E-state index in [1.807, 2.05) is 37.4 Å². The van der Waals surface area contributed by atoms with Gasteiger partial charge in [0.15, 0.2) is 5.96 Å². The van der Waals surface area contributed by atoms with Gasteiger partial charge in [-0.05, 0) is 12.0 Å². The Morgan fingerprint density at radius 2 is 2.00 bits per heavy atom. The van der Waals surface area contributed by atoms with Crippen molar-refractivity contribution < 1.29 is 4.21 Å². The Balaban J connectivity index is 0.00000243. The second-order valence-corrected chi connectivity index (χ2v) is 8.14. The molecule has 0 bridgehead atoms. The number of halogens is 1. The third-order valence-corrected chi connectivity index (χ3v) is 6.14. The van der Waals surface area contributed by atoms with Crippen LogP contribution in [0, 0.1) is 0 Å². The summed E-state index contributed by atoms with van der Waals surface area (Å²) in [5.74, 6) is 2.20. The molecule has 2 atom stereocenters. The van der Waals surface area contributed by atoms with E-state index in [0.717, 1.165) is 37.7 Å². The summed E-state index contributed by atoms with van der Waals surface area (Å²) in [6.07, 6.45) is 5.68. The number of guanidine groups is 1. The number of likely N-dealkylation sites (tertiary alicyclic amines) is 1. The average Bonchev–Trinajstić information content (AvgIpc) is 3.31. The lowest BCUT2D eigenvalue weighted by molar-refractivity contribution is 0.259. The number of aliphatic imine (C=N–C) groups is 1. The van der Waals surface area contributed by atoms with Crippen LogP contribution in [0.1, 0.15) is 12.0 Å². The standard InChI is InChI=1S/C19H28N4OS.HI/c1-20-19(23-13-9-18(15-23)22-11-5-6-12-22)21-10-14-25(24)16-17-7-3-2-4-8-17;/h2-8,18H,9-16H2,1H3,(H,20,21);1H. The van der Waals surface area contributed by atoms with Crippen LogP contribution >= 0.6 is 24.0 Å². The fourth-order valence-electron chi connectivity index (χ4n) is 3.47. The molecule has 2 heterocycles. The maximum Gasteiger partial charge on any atom is 0.193 e. The molecule has 1 N–H and O–H groups in total. The van der Waals surface area contributed by atoms with Crippen molar-refractivity contribution in [3.63, 3.8) is 0 Å². The Hall–Kier alpha value is -0.930. The fourth-order valence-corrected chi connectivity index (χ4v) is 4.50. The number of hydrogen-bond donors (Lipinski definition) is 1. The molecular formula is C19H29IN4OS. The van der Waals surface area contributed by atoms with Crippen molar-refractivity contribution >= 4 is 40.7 Å². The summed E-state index contributed by atoms with van der Waals surface area (Å²) >= 11 is 0. The van der Waals surface area contributed by atoms with Crippen LogP contribution in [-0.4, -0.2) is 71.5 Å². The van der Waals surface area contributed by atoms with E-state index in [4.69, 9.17) is 0 Å². The van der Waals surface area contributed by atoms with Gasteiger partial charge in [-0.25, -0.2) is 0 Å². The Labute approximate surface area is 176 Å². The fraction of sp³-hybridized carbons (Fsp3) is 0.526. The monoisotopic (exact) mass is 488 g/mol. The highest BCUT2D eigenvalue weighted by atomic mass is 127. The van der Waals surface area contributed by atoms with Gasteiger partial charge in [-0.3, -0.25) is 14.1 Å².